The van der Waals surface area contributed by atoms with E-state index in [4.69, 9.17) is 5.73 Å². The van der Waals surface area contributed by atoms with Gasteiger partial charge in [0.25, 0.3) is 5.91 Å². The summed E-state index contributed by atoms with van der Waals surface area (Å²) >= 11 is 1.61. The third-order valence-corrected chi connectivity index (χ3v) is 3.34. The van der Waals surface area contributed by atoms with Crippen molar-refractivity contribution in [3.8, 4) is 0 Å². The van der Waals surface area contributed by atoms with E-state index >= 15 is 0 Å². The molecular formula is C11H12N4OS. The lowest BCUT2D eigenvalue weighted by molar-refractivity contribution is 0.0947. The van der Waals surface area contributed by atoms with Crippen molar-refractivity contribution in [3.63, 3.8) is 0 Å². The number of anilines is 1. The Morgan fingerprint density at radius 3 is 2.88 bits per heavy atom. The molecule has 0 spiro atoms. The van der Waals surface area contributed by atoms with Crippen LogP contribution >= 0.6 is 11.3 Å². The van der Waals surface area contributed by atoms with Crippen molar-refractivity contribution in [1.29, 1.82) is 0 Å². The summed E-state index contributed by atoms with van der Waals surface area (Å²) in [6, 6.07) is 2.02. The second kappa shape index (κ2) is 4.92. The monoisotopic (exact) mass is 248 g/mol. The van der Waals surface area contributed by atoms with Gasteiger partial charge in [0, 0.05) is 17.3 Å². The summed E-state index contributed by atoms with van der Waals surface area (Å²) in [6.45, 7) is 2.49. The molecule has 2 aromatic heterocycles. The molecular weight excluding hydrogens is 236 g/mol. The fraction of sp³-hybridized carbons (Fsp3) is 0.182. The Morgan fingerprint density at radius 1 is 1.47 bits per heavy atom. The van der Waals surface area contributed by atoms with Gasteiger partial charge in [0.15, 0.2) is 11.5 Å². The van der Waals surface area contributed by atoms with Crippen LogP contribution in [0.3, 0.4) is 0 Å². The predicted molar refractivity (Wildman–Crippen MR) is 66.7 cm³/mol. The van der Waals surface area contributed by atoms with Gasteiger partial charge < -0.3 is 11.1 Å². The molecule has 0 aliphatic heterocycles. The van der Waals surface area contributed by atoms with Gasteiger partial charge in [0.2, 0.25) is 0 Å². The van der Waals surface area contributed by atoms with Gasteiger partial charge in [-0.2, -0.15) is 0 Å². The zero-order valence-electron chi connectivity index (χ0n) is 9.30. The van der Waals surface area contributed by atoms with Crippen LogP contribution in [0.1, 0.15) is 20.9 Å². The standard InChI is InChI=1S/C11H12N4OS/c1-7-2-5-17-8(7)6-15-11(16)9-10(12)14-4-3-13-9/h2-5H,6H2,1H3,(H2,12,14)(H,15,16). The number of hydrogen-bond acceptors (Lipinski definition) is 5. The summed E-state index contributed by atoms with van der Waals surface area (Å²) in [6.07, 6.45) is 2.90. The molecule has 17 heavy (non-hydrogen) atoms. The van der Waals surface area contributed by atoms with Gasteiger partial charge in [0.1, 0.15) is 0 Å². The third-order valence-electron chi connectivity index (χ3n) is 2.32. The van der Waals surface area contributed by atoms with Crippen LogP contribution in [0, 0.1) is 6.92 Å². The highest BCUT2D eigenvalue weighted by atomic mass is 32.1. The molecule has 0 unspecified atom stereocenters. The van der Waals surface area contributed by atoms with Crippen molar-refractivity contribution in [1.82, 2.24) is 15.3 Å². The Kier molecular flexibility index (Phi) is 3.34. The number of nitrogens with zero attached hydrogens (tertiary/aromatic N) is 2. The van der Waals surface area contributed by atoms with Crippen LogP contribution in [-0.4, -0.2) is 15.9 Å². The molecule has 0 aliphatic carbocycles. The zero-order chi connectivity index (χ0) is 12.3. The predicted octanol–water partition coefficient (Wildman–Crippen LogP) is 1.36. The van der Waals surface area contributed by atoms with Crippen molar-refractivity contribution in [3.05, 3.63) is 40.0 Å². The van der Waals surface area contributed by atoms with E-state index in [0.29, 0.717) is 6.54 Å². The first kappa shape index (κ1) is 11.5. The Labute approximate surface area is 103 Å². The summed E-state index contributed by atoms with van der Waals surface area (Å²) in [5.41, 5.74) is 6.91. The number of nitrogens with two attached hydrogens (primary N) is 1. The average molecular weight is 248 g/mol. The van der Waals surface area contributed by atoms with E-state index < -0.39 is 0 Å². The average Bonchev–Trinajstić information content (AvgIpc) is 2.72. The van der Waals surface area contributed by atoms with Crippen molar-refractivity contribution in [2.75, 3.05) is 5.73 Å². The van der Waals surface area contributed by atoms with Crippen LogP contribution < -0.4 is 11.1 Å². The minimum absolute atomic E-state index is 0.146. The number of amides is 1. The highest BCUT2D eigenvalue weighted by Crippen LogP contribution is 2.15. The molecule has 2 aromatic rings. The molecule has 0 radical (unpaired) electrons. The van der Waals surface area contributed by atoms with E-state index in [1.807, 2.05) is 18.4 Å². The van der Waals surface area contributed by atoms with Crippen LogP contribution in [0.15, 0.2) is 23.8 Å². The molecule has 0 bridgehead atoms. The summed E-state index contributed by atoms with van der Waals surface area (Å²) in [5.74, 6) is -0.156. The first-order valence-electron chi connectivity index (χ1n) is 5.06. The fourth-order valence-electron chi connectivity index (χ4n) is 1.35. The summed E-state index contributed by atoms with van der Waals surface area (Å²) in [4.78, 5) is 20.6. The molecule has 5 nitrogen and oxygen atoms in total. The van der Waals surface area contributed by atoms with E-state index in [-0.39, 0.29) is 17.4 Å². The normalized spacial score (nSPS) is 10.2. The minimum atomic E-state index is -0.302. The zero-order valence-corrected chi connectivity index (χ0v) is 10.1. The molecule has 6 heteroatoms. The molecule has 0 aromatic carbocycles. The summed E-state index contributed by atoms with van der Waals surface area (Å²) in [7, 11) is 0. The van der Waals surface area contributed by atoms with E-state index in [9.17, 15) is 4.79 Å². The second-order valence-corrected chi connectivity index (χ2v) is 4.50. The van der Waals surface area contributed by atoms with E-state index in [1.165, 1.54) is 18.0 Å². The minimum Gasteiger partial charge on any atom is -0.382 e. The Balaban J connectivity index is 2.04. The lowest BCUT2D eigenvalue weighted by Crippen LogP contribution is -2.25. The third kappa shape index (κ3) is 2.59. The number of thiophene rings is 1. The van der Waals surface area contributed by atoms with Gasteiger partial charge in [0.05, 0.1) is 6.54 Å². The summed E-state index contributed by atoms with van der Waals surface area (Å²) < 4.78 is 0. The number of carbonyl (C=O) groups is 1. The van der Waals surface area contributed by atoms with E-state index in [1.54, 1.807) is 11.3 Å². The highest BCUT2D eigenvalue weighted by Gasteiger charge is 2.11. The maximum absolute atomic E-state index is 11.8. The number of nitrogens with one attached hydrogen (secondary N) is 1. The van der Waals surface area contributed by atoms with Crippen LogP contribution in [0.25, 0.3) is 0 Å². The number of hydrogen-bond donors (Lipinski definition) is 2. The largest absolute Gasteiger partial charge is 0.382 e. The van der Waals surface area contributed by atoms with Gasteiger partial charge >= 0.3 is 0 Å². The van der Waals surface area contributed by atoms with Crippen molar-refractivity contribution < 1.29 is 4.79 Å². The van der Waals surface area contributed by atoms with Crippen molar-refractivity contribution >= 4 is 23.1 Å². The van der Waals surface area contributed by atoms with Crippen molar-refractivity contribution in [2.45, 2.75) is 13.5 Å². The number of rotatable bonds is 3. The lowest BCUT2D eigenvalue weighted by atomic mass is 10.3. The van der Waals surface area contributed by atoms with Gasteiger partial charge in [-0.15, -0.1) is 11.3 Å². The molecule has 3 N–H and O–H groups in total. The second-order valence-electron chi connectivity index (χ2n) is 3.50. The molecule has 2 rings (SSSR count). The van der Waals surface area contributed by atoms with Crippen LogP contribution in [-0.2, 0) is 6.54 Å². The van der Waals surface area contributed by atoms with Gasteiger partial charge in [-0.25, -0.2) is 9.97 Å². The molecule has 2 heterocycles. The van der Waals surface area contributed by atoms with Gasteiger partial charge in [-0.1, -0.05) is 0 Å². The van der Waals surface area contributed by atoms with E-state index in [0.717, 1.165) is 4.88 Å². The topological polar surface area (TPSA) is 80.9 Å². The molecule has 0 saturated heterocycles. The number of aromatic nitrogens is 2. The van der Waals surface area contributed by atoms with Crippen LogP contribution in [0.5, 0.6) is 0 Å². The lowest BCUT2D eigenvalue weighted by Gasteiger charge is -2.05. The first-order valence-corrected chi connectivity index (χ1v) is 5.94. The fourth-order valence-corrected chi connectivity index (χ4v) is 2.20. The molecule has 88 valence electrons. The number of nitrogen functional groups attached to an aromatic ring is 1. The van der Waals surface area contributed by atoms with Crippen LogP contribution in [0.2, 0.25) is 0 Å². The maximum atomic E-state index is 11.8. The molecule has 0 fully saturated rings. The maximum Gasteiger partial charge on any atom is 0.274 e. The molecule has 0 aliphatic rings. The summed E-state index contributed by atoms with van der Waals surface area (Å²) in [5, 5.41) is 4.77. The van der Waals surface area contributed by atoms with Gasteiger partial charge in [-0.05, 0) is 23.9 Å². The highest BCUT2D eigenvalue weighted by molar-refractivity contribution is 7.10. The Morgan fingerprint density at radius 2 is 2.24 bits per heavy atom. The molecule has 1 amide bonds. The molecule has 0 saturated carbocycles. The SMILES string of the molecule is Cc1ccsc1CNC(=O)c1nccnc1N. The van der Waals surface area contributed by atoms with Crippen LogP contribution in [0.4, 0.5) is 5.82 Å². The Bertz CT molecular complexity index is 538. The molecule has 0 atom stereocenters. The quantitative estimate of drug-likeness (QED) is 0.859. The van der Waals surface area contributed by atoms with E-state index in [2.05, 4.69) is 15.3 Å². The Hall–Kier alpha value is -1.95. The van der Waals surface area contributed by atoms with Gasteiger partial charge in [-0.3, -0.25) is 4.79 Å². The van der Waals surface area contributed by atoms with Crippen molar-refractivity contribution in [2.24, 2.45) is 0 Å². The smallest absolute Gasteiger partial charge is 0.274 e. The first-order chi connectivity index (χ1) is 8.18. The number of aryl methyl sites for hydroxylation is 1. The number of carbonyl (C=O) groups excluding carboxylic acids is 1.